The molecule has 0 aliphatic rings. The average Bonchev–Trinajstić information content (AvgIpc) is 2.32. The Balaban J connectivity index is 2.57. The van der Waals surface area contributed by atoms with E-state index < -0.39 is 0 Å². The Bertz CT molecular complexity index is 328. The van der Waals surface area contributed by atoms with Crippen molar-refractivity contribution in [3.8, 4) is 0 Å². The normalized spacial score (nSPS) is 14.6. The number of ether oxygens (including phenoxy) is 1. The summed E-state index contributed by atoms with van der Waals surface area (Å²) in [5.74, 6) is 0.629. The molecular weight excluding hydrogens is 344 g/mol. The van der Waals surface area contributed by atoms with Gasteiger partial charge >= 0.3 is 0 Å². The molecular formula is C14H20Br2O. The van der Waals surface area contributed by atoms with E-state index in [-0.39, 0.29) is 6.10 Å². The van der Waals surface area contributed by atoms with E-state index in [0.717, 1.165) is 16.4 Å². The van der Waals surface area contributed by atoms with Gasteiger partial charge in [0.15, 0.2) is 0 Å². The van der Waals surface area contributed by atoms with Gasteiger partial charge in [-0.3, -0.25) is 0 Å². The molecule has 2 atom stereocenters. The van der Waals surface area contributed by atoms with E-state index in [9.17, 15) is 0 Å². The summed E-state index contributed by atoms with van der Waals surface area (Å²) in [5.41, 5.74) is 1.22. The summed E-state index contributed by atoms with van der Waals surface area (Å²) in [7, 11) is 0. The summed E-state index contributed by atoms with van der Waals surface area (Å²) in [4.78, 5) is 0. The van der Waals surface area contributed by atoms with Crippen LogP contribution in [0.15, 0.2) is 28.7 Å². The first-order valence-corrected chi connectivity index (χ1v) is 8.02. The van der Waals surface area contributed by atoms with Crippen molar-refractivity contribution in [1.29, 1.82) is 0 Å². The van der Waals surface area contributed by atoms with Crippen LogP contribution in [0.1, 0.15) is 38.4 Å². The lowest BCUT2D eigenvalue weighted by Gasteiger charge is -2.19. The van der Waals surface area contributed by atoms with Crippen molar-refractivity contribution in [2.24, 2.45) is 5.92 Å². The first kappa shape index (κ1) is 15.2. The lowest BCUT2D eigenvalue weighted by molar-refractivity contribution is 0.0445. The molecule has 0 N–H and O–H groups in total. The molecule has 1 aromatic carbocycles. The van der Waals surface area contributed by atoms with Crippen LogP contribution in [0.2, 0.25) is 0 Å². The molecule has 1 rings (SSSR count). The van der Waals surface area contributed by atoms with Crippen molar-refractivity contribution in [2.45, 2.75) is 32.8 Å². The van der Waals surface area contributed by atoms with Gasteiger partial charge in [-0.2, -0.15) is 0 Å². The number of halogens is 2. The van der Waals surface area contributed by atoms with Crippen molar-refractivity contribution in [1.82, 2.24) is 0 Å². The zero-order valence-electron chi connectivity index (χ0n) is 10.5. The van der Waals surface area contributed by atoms with Gasteiger partial charge in [0.25, 0.3) is 0 Å². The van der Waals surface area contributed by atoms with Crippen molar-refractivity contribution >= 4 is 31.9 Å². The highest BCUT2D eigenvalue weighted by Gasteiger charge is 2.14. The predicted octanol–water partition coefficient (Wildman–Crippen LogP) is 5.34. The van der Waals surface area contributed by atoms with Gasteiger partial charge in [0.2, 0.25) is 0 Å². The van der Waals surface area contributed by atoms with Crippen molar-refractivity contribution in [3.05, 3.63) is 34.3 Å². The van der Waals surface area contributed by atoms with E-state index in [1.54, 1.807) is 0 Å². The second-order valence-corrected chi connectivity index (χ2v) is 5.89. The minimum atomic E-state index is 0.130. The van der Waals surface area contributed by atoms with Crippen LogP contribution in [0.25, 0.3) is 0 Å². The van der Waals surface area contributed by atoms with Crippen LogP contribution < -0.4 is 0 Å². The molecule has 0 spiro atoms. The molecule has 0 heterocycles. The number of hydrogen-bond acceptors (Lipinski definition) is 1. The smallest absolute Gasteiger partial charge is 0.0932 e. The fraction of sp³-hybridized carbons (Fsp3) is 0.571. The van der Waals surface area contributed by atoms with Gasteiger partial charge in [-0.1, -0.05) is 70.3 Å². The Morgan fingerprint density at radius 2 is 2.00 bits per heavy atom. The average molecular weight is 364 g/mol. The van der Waals surface area contributed by atoms with Gasteiger partial charge in [-0.15, -0.1) is 0 Å². The molecule has 0 fully saturated rings. The van der Waals surface area contributed by atoms with E-state index in [2.05, 4.69) is 63.9 Å². The highest BCUT2D eigenvalue weighted by Crippen LogP contribution is 2.28. The third-order valence-corrected chi connectivity index (χ3v) is 4.07. The maximum absolute atomic E-state index is 6.00. The van der Waals surface area contributed by atoms with Crippen molar-refractivity contribution in [2.75, 3.05) is 11.9 Å². The summed E-state index contributed by atoms with van der Waals surface area (Å²) in [6.07, 6.45) is 2.58. The first-order chi connectivity index (χ1) is 8.19. The Morgan fingerprint density at radius 1 is 1.29 bits per heavy atom. The Kier molecular flexibility index (Phi) is 7.40. The third kappa shape index (κ3) is 5.11. The minimum Gasteiger partial charge on any atom is -0.372 e. The molecule has 0 aliphatic heterocycles. The SMILES string of the molecule is CCCC(C)COC(CBr)c1ccccc1Br. The van der Waals surface area contributed by atoms with E-state index in [1.807, 2.05) is 6.07 Å². The highest BCUT2D eigenvalue weighted by atomic mass is 79.9. The van der Waals surface area contributed by atoms with E-state index in [0.29, 0.717) is 5.92 Å². The first-order valence-electron chi connectivity index (χ1n) is 6.11. The lowest BCUT2D eigenvalue weighted by Crippen LogP contribution is -2.12. The summed E-state index contributed by atoms with van der Waals surface area (Å²) in [5, 5.41) is 0.828. The van der Waals surface area contributed by atoms with Crippen molar-refractivity contribution < 1.29 is 4.74 Å². The molecule has 0 bridgehead atoms. The van der Waals surface area contributed by atoms with Gasteiger partial charge in [0, 0.05) is 16.4 Å². The van der Waals surface area contributed by atoms with Gasteiger partial charge in [-0.05, 0) is 24.0 Å². The Hall–Kier alpha value is 0.140. The summed E-state index contributed by atoms with van der Waals surface area (Å²) >= 11 is 7.10. The second-order valence-electron chi connectivity index (χ2n) is 4.39. The van der Waals surface area contributed by atoms with Crippen LogP contribution in [0.3, 0.4) is 0 Å². The van der Waals surface area contributed by atoms with Crippen LogP contribution in [-0.2, 0) is 4.74 Å². The molecule has 1 aromatic rings. The maximum atomic E-state index is 6.00. The van der Waals surface area contributed by atoms with Crippen LogP contribution in [0.5, 0.6) is 0 Å². The number of hydrogen-bond donors (Lipinski definition) is 0. The number of rotatable bonds is 7. The monoisotopic (exact) mass is 362 g/mol. The van der Waals surface area contributed by atoms with Crippen LogP contribution >= 0.6 is 31.9 Å². The third-order valence-electron chi connectivity index (χ3n) is 2.76. The van der Waals surface area contributed by atoms with Gasteiger partial charge in [0.05, 0.1) is 6.10 Å². The van der Waals surface area contributed by atoms with Crippen LogP contribution in [0.4, 0.5) is 0 Å². The Morgan fingerprint density at radius 3 is 2.59 bits per heavy atom. The molecule has 0 radical (unpaired) electrons. The zero-order valence-corrected chi connectivity index (χ0v) is 13.6. The second kappa shape index (κ2) is 8.28. The molecule has 1 nitrogen and oxygen atoms in total. The summed E-state index contributed by atoms with van der Waals surface area (Å²) in [6, 6.07) is 8.25. The number of benzene rings is 1. The molecule has 0 amide bonds. The largest absolute Gasteiger partial charge is 0.372 e. The highest BCUT2D eigenvalue weighted by molar-refractivity contribution is 9.10. The fourth-order valence-corrected chi connectivity index (χ4v) is 2.89. The summed E-state index contributed by atoms with van der Waals surface area (Å²) in [6.45, 7) is 5.28. The van der Waals surface area contributed by atoms with E-state index in [1.165, 1.54) is 18.4 Å². The molecule has 3 heteroatoms. The minimum absolute atomic E-state index is 0.130. The zero-order chi connectivity index (χ0) is 12.7. The van der Waals surface area contributed by atoms with Gasteiger partial charge in [0.1, 0.15) is 0 Å². The Labute approximate surface area is 121 Å². The van der Waals surface area contributed by atoms with E-state index in [4.69, 9.17) is 4.74 Å². The predicted molar refractivity (Wildman–Crippen MR) is 80.7 cm³/mol. The van der Waals surface area contributed by atoms with Crippen molar-refractivity contribution in [3.63, 3.8) is 0 Å². The lowest BCUT2D eigenvalue weighted by atomic mass is 10.1. The van der Waals surface area contributed by atoms with Gasteiger partial charge < -0.3 is 4.74 Å². The van der Waals surface area contributed by atoms with Gasteiger partial charge in [-0.25, -0.2) is 0 Å². The van der Waals surface area contributed by atoms with E-state index >= 15 is 0 Å². The molecule has 17 heavy (non-hydrogen) atoms. The molecule has 96 valence electrons. The molecule has 0 saturated carbocycles. The number of alkyl halides is 1. The van der Waals surface area contributed by atoms with Crippen LogP contribution in [-0.4, -0.2) is 11.9 Å². The molecule has 0 aromatic heterocycles. The summed E-state index contributed by atoms with van der Waals surface area (Å²) < 4.78 is 7.11. The standard InChI is InChI=1S/C14H20Br2O/c1-3-6-11(2)10-17-14(9-15)12-7-4-5-8-13(12)16/h4-5,7-8,11,14H,3,6,9-10H2,1-2H3. The molecule has 0 saturated heterocycles. The maximum Gasteiger partial charge on any atom is 0.0932 e. The topological polar surface area (TPSA) is 9.23 Å². The fourth-order valence-electron chi connectivity index (χ4n) is 1.81. The molecule has 0 aliphatic carbocycles. The van der Waals surface area contributed by atoms with Crippen LogP contribution in [0, 0.1) is 5.92 Å². The molecule has 2 unspecified atom stereocenters. The quantitative estimate of drug-likeness (QED) is 0.594.